The van der Waals surface area contributed by atoms with Gasteiger partial charge in [-0.1, -0.05) is 0 Å². The van der Waals surface area contributed by atoms with Crippen LogP contribution in [0.4, 0.5) is 24.9 Å². The van der Waals surface area contributed by atoms with Crippen molar-refractivity contribution in [1.29, 1.82) is 0 Å². The van der Waals surface area contributed by atoms with Gasteiger partial charge in [-0.2, -0.15) is 13.2 Å². The second kappa shape index (κ2) is 6.69. The normalized spacial score (nSPS) is 18.2. The third-order valence-electron chi connectivity index (χ3n) is 4.00. The molecule has 1 unspecified atom stereocenters. The molecule has 1 aliphatic heterocycles. The topological polar surface area (TPSA) is 75.9 Å². The number of hydrogen-bond donors (Lipinski definition) is 1. The van der Waals surface area contributed by atoms with E-state index in [-0.39, 0.29) is 17.5 Å². The Labute approximate surface area is 141 Å². The maximum atomic E-state index is 12.7. The lowest BCUT2D eigenvalue weighted by atomic mass is 10.1. The molecule has 0 bridgehead atoms. The van der Waals surface area contributed by atoms with E-state index >= 15 is 0 Å². The summed E-state index contributed by atoms with van der Waals surface area (Å²) in [5.41, 5.74) is -1.20. The maximum Gasteiger partial charge on any atom is 0.433 e. The Balaban J connectivity index is 1.74. The molecule has 0 radical (unpaired) electrons. The van der Waals surface area contributed by atoms with Gasteiger partial charge in [0, 0.05) is 44.8 Å². The van der Waals surface area contributed by atoms with Gasteiger partial charge in [0.1, 0.15) is 5.69 Å². The molecule has 2 aromatic heterocycles. The van der Waals surface area contributed by atoms with E-state index in [9.17, 15) is 18.0 Å². The molecule has 1 fully saturated rings. The van der Waals surface area contributed by atoms with E-state index in [1.165, 1.54) is 4.57 Å². The highest BCUT2D eigenvalue weighted by Crippen LogP contribution is 2.27. The lowest BCUT2D eigenvalue weighted by molar-refractivity contribution is -0.141. The minimum Gasteiger partial charge on any atom is -0.350 e. The second-order valence-electron chi connectivity index (χ2n) is 5.86. The van der Waals surface area contributed by atoms with E-state index in [0.29, 0.717) is 18.9 Å². The molecule has 1 aliphatic rings. The summed E-state index contributed by atoms with van der Waals surface area (Å²) < 4.78 is 39.7. The van der Waals surface area contributed by atoms with Gasteiger partial charge in [-0.15, -0.1) is 0 Å². The molecule has 0 saturated carbocycles. The molecule has 7 nitrogen and oxygen atoms in total. The zero-order chi connectivity index (χ0) is 18.0. The molecular formula is C15H17F3N6O. The first-order valence-electron chi connectivity index (χ1n) is 7.78. The molecule has 134 valence electrons. The minimum atomic E-state index is -4.52. The van der Waals surface area contributed by atoms with Crippen LogP contribution in [0.25, 0.3) is 0 Å². The van der Waals surface area contributed by atoms with Crippen LogP contribution < -0.4 is 15.8 Å². The highest BCUT2D eigenvalue weighted by atomic mass is 19.4. The summed E-state index contributed by atoms with van der Waals surface area (Å²) in [7, 11) is 1.64. The average Bonchev–Trinajstić information content (AvgIpc) is 2.57. The Morgan fingerprint density at radius 3 is 2.84 bits per heavy atom. The van der Waals surface area contributed by atoms with Gasteiger partial charge in [0.25, 0.3) is 5.56 Å². The molecule has 25 heavy (non-hydrogen) atoms. The Bertz CT molecular complexity index is 806. The molecule has 1 saturated heterocycles. The highest BCUT2D eigenvalue weighted by Gasteiger charge is 2.33. The number of aryl methyl sites for hydroxylation is 1. The number of rotatable bonds is 3. The fraction of sp³-hybridized carbons (Fsp3) is 0.467. The summed E-state index contributed by atoms with van der Waals surface area (Å²) in [5, 5.41) is 2.93. The van der Waals surface area contributed by atoms with Crippen molar-refractivity contribution in [3.8, 4) is 0 Å². The standard InChI is InChI=1S/C15H17F3N6O/c1-23-8-6-19-12(13(23)25)24-7-2-3-10(9-24)21-14-20-5-4-11(22-14)15(16,17)18/h4-6,8,10H,2-3,7,9H2,1H3,(H,20,21,22). The molecule has 3 heterocycles. The van der Waals surface area contributed by atoms with Crippen molar-refractivity contribution in [2.24, 2.45) is 7.05 Å². The van der Waals surface area contributed by atoms with Gasteiger partial charge in [0.15, 0.2) is 5.82 Å². The van der Waals surface area contributed by atoms with Crippen LogP contribution in [-0.2, 0) is 13.2 Å². The number of piperidine rings is 1. The molecular weight excluding hydrogens is 337 g/mol. The van der Waals surface area contributed by atoms with E-state index in [4.69, 9.17) is 0 Å². The molecule has 0 amide bonds. The SMILES string of the molecule is Cn1ccnc(N2CCCC(Nc3nccc(C(F)(F)F)n3)C2)c1=O. The maximum absolute atomic E-state index is 12.7. The molecule has 1 atom stereocenters. The van der Waals surface area contributed by atoms with Crippen molar-refractivity contribution < 1.29 is 13.2 Å². The van der Waals surface area contributed by atoms with Crippen molar-refractivity contribution in [1.82, 2.24) is 19.5 Å². The Kier molecular flexibility index (Phi) is 4.60. The summed E-state index contributed by atoms with van der Waals surface area (Å²) >= 11 is 0. The van der Waals surface area contributed by atoms with Crippen LogP contribution >= 0.6 is 0 Å². The largest absolute Gasteiger partial charge is 0.433 e. The van der Waals surface area contributed by atoms with Gasteiger partial charge < -0.3 is 14.8 Å². The fourth-order valence-corrected chi connectivity index (χ4v) is 2.76. The molecule has 2 aromatic rings. The number of halogens is 3. The molecule has 3 rings (SSSR count). The van der Waals surface area contributed by atoms with Crippen LogP contribution in [0.5, 0.6) is 0 Å². The second-order valence-corrected chi connectivity index (χ2v) is 5.86. The van der Waals surface area contributed by atoms with Crippen molar-refractivity contribution in [3.63, 3.8) is 0 Å². The van der Waals surface area contributed by atoms with Gasteiger partial charge in [-0.3, -0.25) is 4.79 Å². The van der Waals surface area contributed by atoms with Crippen LogP contribution in [0.1, 0.15) is 18.5 Å². The van der Waals surface area contributed by atoms with Crippen molar-refractivity contribution in [2.45, 2.75) is 25.1 Å². The number of nitrogens with zero attached hydrogens (tertiary/aromatic N) is 5. The van der Waals surface area contributed by atoms with Crippen molar-refractivity contribution >= 4 is 11.8 Å². The highest BCUT2D eigenvalue weighted by molar-refractivity contribution is 5.38. The van der Waals surface area contributed by atoms with Gasteiger partial charge in [-0.05, 0) is 18.9 Å². The molecule has 0 aromatic carbocycles. The van der Waals surface area contributed by atoms with Crippen LogP contribution in [0.3, 0.4) is 0 Å². The lowest BCUT2D eigenvalue weighted by Crippen LogP contribution is -2.45. The van der Waals surface area contributed by atoms with Crippen LogP contribution in [0.2, 0.25) is 0 Å². The summed E-state index contributed by atoms with van der Waals surface area (Å²) in [6.45, 7) is 1.10. The third-order valence-corrected chi connectivity index (χ3v) is 4.00. The summed E-state index contributed by atoms with van der Waals surface area (Å²) in [5.74, 6) is 0.261. The van der Waals surface area contributed by atoms with Gasteiger partial charge >= 0.3 is 6.18 Å². The van der Waals surface area contributed by atoms with Crippen LogP contribution in [0.15, 0.2) is 29.5 Å². The van der Waals surface area contributed by atoms with E-state index in [1.807, 2.05) is 4.90 Å². The van der Waals surface area contributed by atoms with Crippen LogP contribution in [0, 0.1) is 0 Å². The summed E-state index contributed by atoms with van der Waals surface area (Å²) in [6.07, 6.45) is 1.19. The first kappa shape index (κ1) is 17.2. The number of hydrogen-bond acceptors (Lipinski definition) is 6. The van der Waals surface area contributed by atoms with E-state index < -0.39 is 11.9 Å². The first-order chi connectivity index (χ1) is 11.8. The average molecular weight is 354 g/mol. The number of aromatic nitrogens is 4. The molecule has 10 heteroatoms. The number of nitrogens with one attached hydrogen (secondary N) is 1. The zero-order valence-corrected chi connectivity index (χ0v) is 13.5. The fourth-order valence-electron chi connectivity index (χ4n) is 2.76. The molecule has 1 N–H and O–H groups in total. The van der Waals surface area contributed by atoms with E-state index in [1.54, 1.807) is 19.4 Å². The number of anilines is 2. The van der Waals surface area contributed by atoms with Gasteiger partial charge in [0.05, 0.1) is 0 Å². The van der Waals surface area contributed by atoms with Gasteiger partial charge in [-0.25, -0.2) is 15.0 Å². The summed E-state index contributed by atoms with van der Waals surface area (Å²) in [4.78, 5) is 25.5. The van der Waals surface area contributed by atoms with Crippen molar-refractivity contribution in [2.75, 3.05) is 23.3 Å². The smallest absolute Gasteiger partial charge is 0.350 e. The lowest BCUT2D eigenvalue weighted by Gasteiger charge is -2.33. The van der Waals surface area contributed by atoms with E-state index in [0.717, 1.165) is 25.1 Å². The van der Waals surface area contributed by atoms with Crippen molar-refractivity contribution in [3.05, 3.63) is 40.7 Å². The van der Waals surface area contributed by atoms with E-state index in [2.05, 4.69) is 20.3 Å². The Hall–Kier alpha value is -2.65. The zero-order valence-electron chi connectivity index (χ0n) is 13.5. The molecule has 0 spiro atoms. The monoisotopic (exact) mass is 354 g/mol. The summed E-state index contributed by atoms with van der Waals surface area (Å²) in [6, 6.07) is 0.652. The van der Waals surface area contributed by atoms with Crippen LogP contribution in [-0.4, -0.2) is 38.7 Å². The predicted molar refractivity (Wildman–Crippen MR) is 85.4 cm³/mol. The van der Waals surface area contributed by atoms with Gasteiger partial charge in [0.2, 0.25) is 5.95 Å². The molecule has 0 aliphatic carbocycles. The quantitative estimate of drug-likeness (QED) is 0.904. The Morgan fingerprint density at radius 2 is 2.08 bits per heavy atom. The number of alkyl halides is 3. The third kappa shape index (κ3) is 3.89. The first-order valence-corrected chi connectivity index (χ1v) is 7.78. The Morgan fingerprint density at radius 1 is 1.28 bits per heavy atom. The minimum absolute atomic E-state index is 0.0735. The predicted octanol–water partition coefficient (Wildman–Crippen LogP) is 1.67.